The van der Waals surface area contributed by atoms with Gasteiger partial charge in [0, 0.05) is 28.8 Å². The Labute approximate surface area is 203 Å². The maximum Gasteiger partial charge on any atom is 0.269 e. The predicted octanol–water partition coefficient (Wildman–Crippen LogP) is 6.86. The summed E-state index contributed by atoms with van der Waals surface area (Å²) < 4.78 is 13.9. The van der Waals surface area contributed by atoms with Gasteiger partial charge in [0.2, 0.25) is 0 Å². The largest absolute Gasteiger partial charge is 0.490 e. The number of hydrogen-bond donors (Lipinski definition) is 1. The zero-order valence-electron chi connectivity index (χ0n) is 17.2. The van der Waals surface area contributed by atoms with Crippen LogP contribution in [0.4, 0.5) is 11.4 Å². The van der Waals surface area contributed by atoms with Gasteiger partial charge in [-0.25, -0.2) is 0 Å². The molecule has 3 rings (SSSR count). The van der Waals surface area contributed by atoms with E-state index in [1.165, 1.54) is 12.1 Å². The van der Waals surface area contributed by atoms with Crippen LogP contribution in [0.5, 0.6) is 11.5 Å². The second-order valence-corrected chi connectivity index (χ2v) is 8.94. The third-order valence-electron chi connectivity index (χ3n) is 4.57. The highest BCUT2D eigenvalue weighted by molar-refractivity contribution is 14.1. The number of nitro groups is 1. The number of benzene rings is 3. The van der Waals surface area contributed by atoms with Crippen molar-refractivity contribution >= 4 is 49.9 Å². The highest BCUT2D eigenvalue weighted by Crippen LogP contribution is 2.35. The molecule has 0 spiro atoms. The first-order valence-corrected chi connectivity index (χ1v) is 11.6. The van der Waals surface area contributed by atoms with E-state index in [-0.39, 0.29) is 5.69 Å². The van der Waals surface area contributed by atoms with Gasteiger partial charge < -0.3 is 14.8 Å². The summed E-state index contributed by atoms with van der Waals surface area (Å²) >= 11 is 5.73. The van der Waals surface area contributed by atoms with Crippen LogP contribution in [0.1, 0.15) is 23.6 Å². The Kier molecular flexibility index (Phi) is 8.14. The lowest BCUT2D eigenvalue weighted by Gasteiger charge is -2.16. The third kappa shape index (κ3) is 6.33. The van der Waals surface area contributed by atoms with Crippen LogP contribution in [0.2, 0.25) is 0 Å². The molecule has 8 heteroatoms. The standard InChI is InChI=1S/C23H22BrIN2O4/c1-3-30-22-12-17(13-26-21-9-6-18(24)10-15(21)2)11-20(25)23(22)31-14-16-4-7-19(8-5-16)27(28)29/h4-12,26H,3,13-14H2,1-2H3. The van der Waals surface area contributed by atoms with Crippen LogP contribution in [0.15, 0.2) is 59.1 Å². The van der Waals surface area contributed by atoms with E-state index in [9.17, 15) is 10.1 Å². The van der Waals surface area contributed by atoms with Crippen molar-refractivity contribution in [2.75, 3.05) is 11.9 Å². The van der Waals surface area contributed by atoms with E-state index >= 15 is 0 Å². The molecule has 0 radical (unpaired) electrons. The number of anilines is 1. The molecule has 0 bridgehead atoms. The summed E-state index contributed by atoms with van der Waals surface area (Å²) in [5.74, 6) is 1.35. The van der Waals surface area contributed by atoms with Crippen LogP contribution in [0.3, 0.4) is 0 Å². The van der Waals surface area contributed by atoms with Crippen molar-refractivity contribution in [3.8, 4) is 11.5 Å². The number of non-ortho nitro benzene ring substituents is 1. The first kappa shape index (κ1) is 23.3. The number of nitro benzene ring substituents is 1. The fourth-order valence-corrected chi connectivity index (χ4v) is 4.32. The molecule has 0 heterocycles. The Morgan fingerprint density at radius 1 is 1.06 bits per heavy atom. The maximum absolute atomic E-state index is 10.8. The van der Waals surface area contributed by atoms with Crippen molar-refractivity contribution in [3.05, 3.63) is 89.4 Å². The lowest BCUT2D eigenvalue weighted by Crippen LogP contribution is -2.05. The normalized spacial score (nSPS) is 10.6. The first-order valence-electron chi connectivity index (χ1n) is 9.68. The minimum absolute atomic E-state index is 0.0613. The summed E-state index contributed by atoms with van der Waals surface area (Å²) in [6, 6.07) is 16.5. The lowest BCUT2D eigenvalue weighted by atomic mass is 10.1. The summed E-state index contributed by atoms with van der Waals surface area (Å²) in [6.07, 6.45) is 0. The number of hydrogen-bond acceptors (Lipinski definition) is 5. The minimum Gasteiger partial charge on any atom is -0.490 e. The van der Waals surface area contributed by atoms with Gasteiger partial charge in [-0.05, 0) is 95.6 Å². The van der Waals surface area contributed by atoms with E-state index in [0.717, 1.165) is 30.4 Å². The molecule has 0 unspecified atom stereocenters. The van der Waals surface area contributed by atoms with Crippen LogP contribution in [0, 0.1) is 20.6 Å². The molecule has 1 N–H and O–H groups in total. The summed E-state index contributed by atoms with van der Waals surface area (Å²) in [6.45, 7) is 5.47. The topological polar surface area (TPSA) is 73.6 Å². The molecule has 162 valence electrons. The first-order chi connectivity index (χ1) is 14.9. The zero-order valence-corrected chi connectivity index (χ0v) is 20.9. The van der Waals surface area contributed by atoms with Gasteiger partial charge in [-0.3, -0.25) is 10.1 Å². The Morgan fingerprint density at radius 2 is 1.81 bits per heavy atom. The molecule has 6 nitrogen and oxygen atoms in total. The zero-order chi connectivity index (χ0) is 22.4. The molecule has 0 aromatic heterocycles. The van der Waals surface area contributed by atoms with Crippen molar-refractivity contribution < 1.29 is 14.4 Å². The fourth-order valence-electron chi connectivity index (χ4n) is 3.02. The van der Waals surface area contributed by atoms with Crippen molar-refractivity contribution in [1.29, 1.82) is 0 Å². The summed E-state index contributed by atoms with van der Waals surface area (Å²) in [5.41, 5.74) is 4.23. The van der Waals surface area contributed by atoms with Crippen molar-refractivity contribution in [1.82, 2.24) is 0 Å². The molecule has 0 fully saturated rings. The molecule has 0 amide bonds. The number of nitrogens with zero attached hydrogens (tertiary/aromatic N) is 1. The van der Waals surface area contributed by atoms with Crippen molar-refractivity contribution in [2.24, 2.45) is 0 Å². The Morgan fingerprint density at radius 3 is 2.45 bits per heavy atom. The molecular weight excluding hydrogens is 575 g/mol. The van der Waals surface area contributed by atoms with Gasteiger partial charge in [0.25, 0.3) is 5.69 Å². The van der Waals surface area contributed by atoms with Gasteiger partial charge in [-0.15, -0.1) is 0 Å². The van der Waals surface area contributed by atoms with E-state index in [2.05, 4.69) is 69.0 Å². The number of halogens is 2. The second kappa shape index (κ2) is 10.8. The third-order valence-corrected chi connectivity index (χ3v) is 5.87. The quantitative estimate of drug-likeness (QED) is 0.166. The lowest BCUT2D eigenvalue weighted by molar-refractivity contribution is -0.384. The summed E-state index contributed by atoms with van der Waals surface area (Å²) in [4.78, 5) is 10.4. The monoisotopic (exact) mass is 596 g/mol. The van der Waals surface area contributed by atoms with E-state index < -0.39 is 4.92 Å². The van der Waals surface area contributed by atoms with E-state index in [4.69, 9.17) is 9.47 Å². The summed E-state index contributed by atoms with van der Waals surface area (Å²) in [7, 11) is 0. The van der Waals surface area contributed by atoms with Gasteiger partial charge in [-0.2, -0.15) is 0 Å². The molecule has 0 aliphatic heterocycles. The average Bonchev–Trinajstić information content (AvgIpc) is 2.73. The smallest absolute Gasteiger partial charge is 0.269 e. The summed E-state index contributed by atoms with van der Waals surface area (Å²) in [5, 5.41) is 14.3. The van der Waals surface area contributed by atoms with Crippen LogP contribution < -0.4 is 14.8 Å². The highest BCUT2D eigenvalue weighted by atomic mass is 127. The van der Waals surface area contributed by atoms with Crippen molar-refractivity contribution in [3.63, 3.8) is 0 Å². The molecule has 0 aliphatic carbocycles. The van der Waals surface area contributed by atoms with Crippen LogP contribution in [-0.2, 0) is 13.2 Å². The van der Waals surface area contributed by atoms with Crippen molar-refractivity contribution in [2.45, 2.75) is 27.0 Å². The molecule has 0 saturated carbocycles. The molecule has 3 aromatic carbocycles. The molecule has 0 atom stereocenters. The molecule has 3 aromatic rings. The van der Waals surface area contributed by atoms with E-state index in [1.807, 2.05) is 19.1 Å². The Bertz CT molecular complexity index is 1070. The minimum atomic E-state index is -0.413. The number of ether oxygens (including phenoxy) is 2. The molecular formula is C23H22BrIN2O4. The SMILES string of the molecule is CCOc1cc(CNc2ccc(Br)cc2C)cc(I)c1OCc1ccc([N+](=O)[O-])cc1. The van der Waals surface area contributed by atoms with Crippen LogP contribution in [-0.4, -0.2) is 11.5 Å². The Balaban J connectivity index is 1.74. The van der Waals surface area contributed by atoms with Gasteiger partial charge in [-0.1, -0.05) is 15.9 Å². The number of aryl methyl sites for hydroxylation is 1. The van der Waals surface area contributed by atoms with Crippen LogP contribution in [0.25, 0.3) is 0 Å². The van der Waals surface area contributed by atoms with Crippen LogP contribution >= 0.6 is 38.5 Å². The number of rotatable bonds is 9. The van der Waals surface area contributed by atoms with E-state index in [1.54, 1.807) is 12.1 Å². The molecule has 0 aliphatic rings. The Hall–Kier alpha value is -2.33. The average molecular weight is 597 g/mol. The van der Waals surface area contributed by atoms with Gasteiger partial charge in [0.1, 0.15) is 6.61 Å². The highest BCUT2D eigenvalue weighted by Gasteiger charge is 2.13. The fraction of sp³-hybridized carbons (Fsp3) is 0.217. The van der Waals surface area contributed by atoms with Gasteiger partial charge >= 0.3 is 0 Å². The molecule has 0 saturated heterocycles. The number of nitrogens with one attached hydrogen (secondary N) is 1. The predicted molar refractivity (Wildman–Crippen MR) is 134 cm³/mol. The maximum atomic E-state index is 10.8. The van der Waals surface area contributed by atoms with Gasteiger partial charge in [0.05, 0.1) is 15.1 Å². The second-order valence-electron chi connectivity index (χ2n) is 6.86. The van der Waals surface area contributed by atoms with E-state index in [0.29, 0.717) is 31.3 Å². The molecule has 31 heavy (non-hydrogen) atoms. The van der Waals surface area contributed by atoms with Gasteiger partial charge in [0.15, 0.2) is 11.5 Å².